The van der Waals surface area contributed by atoms with Gasteiger partial charge in [-0.15, -0.1) is 0 Å². The molecule has 0 aliphatic heterocycles. The third-order valence-electron chi connectivity index (χ3n) is 1.54. The zero-order chi connectivity index (χ0) is 6.85. The van der Waals surface area contributed by atoms with Crippen molar-refractivity contribution in [2.45, 2.75) is 13.8 Å². The molecule has 1 aromatic rings. The molecule has 52 valence electrons. The Kier molecular flexibility index (Phi) is 4.89. The largest absolute Gasteiger partial charge is 2.00 e. The van der Waals surface area contributed by atoms with Gasteiger partial charge in [-0.05, 0) is 53.6 Å². The predicted octanol–water partition coefficient (Wildman–Crippen LogP) is 2.75. The fourth-order valence-electron chi connectivity index (χ4n) is 0.715. The second-order valence-electron chi connectivity index (χ2n) is 2.18. The van der Waals surface area contributed by atoms with Crippen molar-refractivity contribution in [2.75, 3.05) is 0 Å². The van der Waals surface area contributed by atoms with Crippen molar-refractivity contribution in [2.24, 2.45) is 0 Å². The van der Waals surface area contributed by atoms with Gasteiger partial charge in [0.1, 0.15) is 0 Å². The average Bonchev–Trinajstić information content (AvgIpc) is 1.83. The second-order valence-corrected chi connectivity index (χ2v) is 3.34. The van der Waals surface area contributed by atoms with Gasteiger partial charge in [0.2, 0.25) is 0 Å². The third kappa shape index (κ3) is 2.40. The standard InChI is InChI=1S/C8H9I.Mg.2H/c1-6-4-3-5-8(9)7(6)2;;;/h3-5H,1-2H3;;;/q;+2;2*-1. The van der Waals surface area contributed by atoms with Crippen LogP contribution < -0.4 is 0 Å². The monoisotopic (exact) mass is 258 g/mol. The van der Waals surface area contributed by atoms with E-state index in [1.807, 2.05) is 0 Å². The van der Waals surface area contributed by atoms with Gasteiger partial charge in [0.05, 0.1) is 0 Å². The quantitative estimate of drug-likeness (QED) is 0.496. The van der Waals surface area contributed by atoms with Crippen LogP contribution in [0.3, 0.4) is 0 Å². The van der Waals surface area contributed by atoms with E-state index in [-0.39, 0.29) is 25.9 Å². The van der Waals surface area contributed by atoms with Gasteiger partial charge in [0.25, 0.3) is 0 Å². The first-order valence-corrected chi connectivity index (χ1v) is 4.01. The number of halogens is 1. The van der Waals surface area contributed by atoms with E-state index < -0.39 is 0 Å². The van der Waals surface area contributed by atoms with Crippen molar-refractivity contribution in [3.63, 3.8) is 0 Å². The molecule has 0 bridgehead atoms. The fraction of sp³-hybridized carbons (Fsp3) is 0.250. The van der Waals surface area contributed by atoms with Gasteiger partial charge in [-0.25, -0.2) is 0 Å². The molecule has 0 heterocycles. The summed E-state index contributed by atoms with van der Waals surface area (Å²) in [4.78, 5) is 0. The maximum atomic E-state index is 2.35. The van der Waals surface area contributed by atoms with Crippen LogP contribution in [0, 0.1) is 17.4 Å². The Hall–Kier alpha value is 0.716. The Morgan fingerprint density at radius 3 is 2.30 bits per heavy atom. The smallest absolute Gasteiger partial charge is 1.00 e. The molecule has 0 nitrogen and oxygen atoms in total. The zero-order valence-corrected chi connectivity index (χ0v) is 9.89. The van der Waals surface area contributed by atoms with E-state index in [1.54, 1.807) is 0 Å². The predicted molar refractivity (Wildman–Crippen MR) is 56.6 cm³/mol. The summed E-state index contributed by atoms with van der Waals surface area (Å²) in [6, 6.07) is 6.35. The molecule has 0 aliphatic rings. The van der Waals surface area contributed by atoms with Crippen LogP contribution in [-0.2, 0) is 0 Å². The number of benzene rings is 1. The summed E-state index contributed by atoms with van der Waals surface area (Å²) < 4.78 is 1.35. The van der Waals surface area contributed by atoms with Crippen LogP contribution in [-0.4, -0.2) is 23.1 Å². The van der Waals surface area contributed by atoms with Gasteiger partial charge in [0, 0.05) is 3.57 Å². The molecular formula is C8H11IMg. The topological polar surface area (TPSA) is 0 Å². The maximum absolute atomic E-state index is 2.35. The van der Waals surface area contributed by atoms with Gasteiger partial charge in [-0.3, -0.25) is 0 Å². The first-order valence-electron chi connectivity index (χ1n) is 2.93. The molecule has 2 heteroatoms. The molecule has 1 aromatic carbocycles. The van der Waals surface area contributed by atoms with Crippen LogP contribution in [0.25, 0.3) is 0 Å². The van der Waals surface area contributed by atoms with Crippen LogP contribution in [0.5, 0.6) is 0 Å². The minimum Gasteiger partial charge on any atom is -1.00 e. The Balaban J connectivity index is -0.000000270. The first-order chi connectivity index (χ1) is 4.22. The number of aryl methyl sites for hydroxylation is 1. The van der Waals surface area contributed by atoms with E-state index in [2.05, 4.69) is 54.6 Å². The fourth-order valence-corrected chi connectivity index (χ4v) is 1.35. The Labute approximate surface area is 94.7 Å². The molecule has 0 radical (unpaired) electrons. The van der Waals surface area contributed by atoms with Crippen LogP contribution >= 0.6 is 22.6 Å². The summed E-state index contributed by atoms with van der Waals surface area (Å²) in [7, 11) is 0. The van der Waals surface area contributed by atoms with Crippen LogP contribution in [0.4, 0.5) is 0 Å². The van der Waals surface area contributed by atoms with E-state index in [1.165, 1.54) is 14.7 Å². The molecule has 0 amide bonds. The summed E-state index contributed by atoms with van der Waals surface area (Å²) in [5, 5.41) is 0. The van der Waals surface area contributed by atoms with E-state index in [0.717, 1.165) is 0 Å². The molecule has 0 spiro atoms. The molecule has 0 fully saturated rings. The molecule has 0 saturated carbocycles. The van der Waals surface area contributed by atoms with E-state index in [0.29, 0.717) is 0 Å². The number of rotatable bonds is 0. The molecule has 0 saturated heterocycles. The molecular weight excluding hydrogens is 247 g/mol. The van der Waals surface area contributed by atoms with Gasteiger partial charge in [-0.2, -0.15) is 0 Å². The Bertz CT molecular complexity index is 208. The van der Waals surface area contributed by atoms with Crippen molar-refractivity contribution in [1.82, 2.24) is 0 Å². The second kappa shape index (κ2) is 4.56. The molecule has 0 aromatic heterocycles. The van der Waals surface area contributed by atoms with Crippen molar-refractivity contribution in [3.05, 3.63) is 32.9 Å². The number of hydrogen-bond donors (Lipinski definition) is 0. The van der Waals surface area contributed by atoms with Crippen molar-refractivity contribution >= 4 is 45.6 Å². The maximum Gasteiger partial charge on any atom is 2.00 e. The van der Waals surface area contributed by atoms with Crippen molar-refractivity contribution < 1.29 is 2.85 Å². The molecule has 1 rings (SSSR count). The molecule has 0 N–H and O–H groups in total. The van der Waals surface area contributed by atoms with Crippen LogP contribution in [0.1, 0.15) is 14.0 Å². The normalized spacial score (nSPS) is 8.70. The third-order valence-corrected chi connectivity index (χ3v) is 2.71. The average molecular weight is 258 g/mol. The summed E-state index contributed by atoms with van der Waals surface area (Å²) >= 11 is 2.35. The van der Waals surface area contributed by atoms with Crippen LogP contribution in [0.15, 0.2) is 18.2 Å². The zero-order valence-electron chi connectivity index (χ0n) is 8.32. The van der Waals surface area contributed by atoms with Crippen molar-refractivity contribution in [3.8, 4) is 0 Å². The van der Waals surface area contributed by atoms with Gasteiger partial charge >= 0.3 is 23.1 Å². The minimum atomic E-state index is 0. The Morgan fingerprint density at radius 1 is 1.30 bits per heavy atom. The Morgan fingerprint density at radius 2 is 1.90 bits per heavy atom. The summed E-state index contributed by atoms with van der Waals surface area (Å²) in [5.74, 6) is 0. The summed E-state index contributed by atoms with van der Waals surface area (Å²) in [6.45, 7) is 4.29. The van der Waals surface area contributed by atoms with E-state index in [4.69, 9.17) is 0 Å². The molecule has 0 atom stereocenters. The van der Waals surface area contributed by atoms with E-state index in [9.17, 15) is 0 Å². The number of hydrogen-bond acceptors (Lipinski definition) is 0. The molecule has 0 aliphatic carbocycles. The van der Waals surface area contributed by atoms with Crippen LogP contribution in [0.2, 0.25) is 0 Å². The van der Waals surface area contributed by atoms with E-state index >= 15 is 0 Å². The van der Waals surface area contributed by atoms with Gasteiger partial charge in [-0.1, -0.05) is 12.1 Å². The first kappa shape index (κ1) is 10.7. The summed E-state index contributed by atoms with van der Waals surface area (Å²) in [5.41, 5.74) is 2.78. The summed E-state index contributed by atoms with van der Waals surface area (Å²) in [6.07, 6.45) is 0. The van der Waals surface area contributed by atoms with Gasteiger partial charge in [0.15, 0.2) is 0 Å². The van der Waals surface area contributed by atoms with Crippen molar-refractivity contribution in [1.29, 1.82) is 0 Å². The SMILES string of the molecule is Cc1cccc(I)c1C.[H-].[H-].[Mg+2]. The molecule has 0 unspecified atom stereocenters. The minimum absolute atomic E-state index is 0. The molecule has 10 heavy (non-hydrogen) atoms. The van der Waals surface area contributed by atoms with Gasteiger partial charge < -0.3 is 2.85 Å².